The van der Waals surface area contributed by atoms with Gasteiger partial charge in [-0.2, -0.15) is 4.31 Å². The predicted octanol–water partition coefficient (Wildman–Crippen LogP) is 2.26. The quantitative estimate of drug-likeness (QED) is 0.474. The summed E-state index contributed by atoms with van der Waals surface area (Å²) in [6, 6.07) is 9.38. The molecule has 0 atom stereocenters. The third kappa shape index (κ3) is 5.77. The standard InChI is InChI=1S/C22H25N3O6S/c1-2-21(27)24-18-7-5-16(6-8-18)20(26)15-31-22(28)17-9-12-25(13-10-17)32(29,30)19-4-3-11-23-14-19/h3-8,11,14,17H,2,9-10,12-13,15H2,1H3,(H,24,27). The molecule has 32 heavy (non-hydrogen) atoms. The van der Waals surface area contributed by atoms with Crippen LogP contribution in [0.1, 0.15) is 36.5 Å². The van der Waals surface area contributed by atoms with Gasteiger partial charge in [-0.1, -0.05) is 6.92 Å². The molecule has 0 saturated carbocycles. The molecule has 0 aliphatic carbocycles. The normalized spacial score (nSPS) is 15.2. The first kappa shape index (κ1) is 23.6. The fourth-order valence-electron chi connectivity index (χ4n) is 3.31. The van der Waals surface area contributed by atoms with Crippen molar-refractivity contribution in [3.05, 3.63) is 54.4 Å². The number of hydrogen-bond acceptors (Lipinski definition) is 7. The van der Waals surface area contributed by atoms with Crippen molar-refractivity contribution in [2.24, 2.45) is 5.92 Å². The van der Waals surface area contributed by atoms with Gasteiger partial charge in [0.25, 0.3) is 0 Å². The third-order valence-corrected chi connectivity index (χ3v) is 7.10. The molecule has 1 N–H and O–H groups in total. The van der Waals surface area contributed by atoms with Crippen molar-refractivity contribution in [3.63, 3.8) is 0 Å². The van der Waals surface area contributed by atoms with E-state index in [9.17, 15) is 22.8 Å². The van der Waals surface area contributed by atoms with Crippen LogP contribution in [0.5, 0.6) is 0 Å². The smallest absolute Gasteiger partial charge is 0.309 e. The molecule has 170 valence electrons. The lowest BCUT2D eigenvalue weighted by molar-refractivity contribution is -0.148. The summed E-state index contributed by atoms with van der Waals surface area (Å²) in [6.45, 7) is 1.73. The van der Waals surface area contributed by atoms with Gasteiger partial charge in [-0.15, -0.1) is 0 Å². The highest BCUT2D eigenvalue weighted by Crippen LogP contribution is 2.24. The number of nitrogens with one attached hydrogen (secondary N) is 1. The van der Waals surface area contributed by atoms with E-state index in [4.69, 9.17) is 4.74 Å². The monoisotopic (exact) mass is 459 g/mol. The van der Waals surface area contributed by atoms with Crippen LogP contribution >= 0.6 is 0 Å². The van der Waals surface area contributed by atoms with E-state index < -0.39 is 28.5 Å². The van der Waals surface area contributed by atoms with Crippen molar-refractivity contribution >= 4 is 33.4 Å². The van der Waals surface area contributed by atoms with E-state index in [1.165, 1.54) is 22.8 Å². The van der Waals surface area contributed by atoms with Gasteiger partial charge < -0.3 is 10.1 Å². The van der Waals surface area contributed by atoms with Gasteiger partial charge in [0.05, 0.1) is 5.92 Å². The second-order valence-electron chi connectivity index (χ2n) is 7.38. The fourth-order valence-corrected chi connectivity index (χ4v) is 4.74. The van der Waals surface area contributed by atoms with Crippen molar-refractivity contribution in [2.75, 3.05) is 25.0 Å². The number of rotatable bonds is 8. The zero-order chi connectivity index (χ0) is 23.1. The molecule has 1 aliphatic rings. The maximum Gasteiger partial charge on any atom is 0.309 e. The number of Topliss-reactive ketones (excluding diaryl/α,β-unsaturated/α-hetero) is 1. The van der Waals surface area contributed by atoms with Crippen LogP contribution in [0.25, 0.3) is 0 Å². The molecule has 1 aromatic heterocycles. The highest BCUT2D eigenvalue weighted by atomic mass is 32.2. The van der Waals surface area contributed by atoms with Crippen LogP contribution in [0.15, 0.2) is 53.7 Å². The summed E-state index contributed by atoms with van der Waals surface area (Å²) < 4.78 is 31.8. The van der Waals surface area contributed by atoms with Gasteiger partial charge in [0, 0.05) is 43.2 Å². The number of hydrogen-bond donors (Lipinski definition) is 1. The molecule has 0 spiro atoms. The first-order valence-corrected chi connectivity index (χ1v) is 11.7. The Balaban J connectivity index is 1.48. The number of benzene rings is 1. The lowest BCUT2D eigenvalue weighted by atomic mass is 9.98. The summed E-state index contributed by atoms with van der Waals surface area (Å²) in [5, 5.41) is 2.69. The van der Waals surface area contributed by atoms with Gasteiger partial charge in [0.2, 0.25) is 15.9 Å². The summed E-state index contributed by atoms with van der Waals surface area (Å²) in [6.07, 6.45) is 3.79. The molecule has 1 aromatic carbocycles. The molecule has 0 unspecified atom stereocenters. The van der Waals surface area contributed by atoms with Crippen LogP contribution in [0, 0.1) is 5.92 Å². The number of esters is 1. The van der Waals surface area contributed by atoms with E-state index in [1.54, 1.807) is 37.3 Å². The van der Waals surface area contributed by atoms with Crippen molar-refractivity contribution in [1.82, 2.24) is 9.29 Å². The molecule has 0 radical (unpaired) electrons. The number of carbonyl (C=O) groups excluding carboxylic acids is 3. The van der Waals surface area contributed by atoms with E-state index >= 15 is 0 Å². The van der Waals surface area contributed by atoms with E-state index in [-0.39, 0.29) is 29.7 Å². The summed E-state index contributed by atoms with van der Waals surface area (Å²) in [5.74, 6) is -1.46. The Labute approximate surface area is 186 Å². The SMILES string of the molecule is CCC(=O)Nc1ccc(C(=O)COC(=O)C2CCN(S(=O)(=O)c3cccnc3)CC2)cc1. The number of nitrogens with zero attached hydrogens (tertiary/aromatic N) is 2. The number of amides is 1. The van der Waals surface area contributed by atoms with E-state index in [2.05, 4.69) is 10.3 Å². The average molecular weight is 460 g/mol. The van der Waals surface area contributed by atoms with Crippen LogP contribution in [-0.2, 0) is 24.3 Å². The molecular formula is C22H25N3O6S. The van der Waals surface area contributed by atoms with E-state index in [0.29, 0.717) is 30.5 Å². The minimum atomic E-state index is -3.65. The van der Waals surface area contributed by atoms with Gasteiger partial charge in [0.15, 0.2) is 12.4 Å². The number of carbonyl (C=O) groups is 3. The molecule has 1 amide bonds. The molecule has 9 nitrogen and oxygen atoms in total. The summed E-state index contributed by atoms with van der Waals surface area (Å²) in [7, 11) is -3.65. The maximum atomic E-state index is 12.6. The van der Waals surface area contributed by atoms with Gasteiger partial charge in [-0.3, -0.25) is 19.4 Å². The molecule has 1 saturated heterocycles. The van der Waals surface area contributed by atoms with Crippen molar-refractivity contribution in [3.8, 4) is 0 Å². The lowest BCUT2D eigenvalue weighted by Crippen LogP contribution is -2.40. The third-order valence-electron chi connectivity index (χ3n) is 5.22. The topological polar surface area (TPSA) is 123 Å². The van der Waals surface area contributed by atoms with Crippen LogP contribution in [-0.4, -0.2) is 55.1 Å². The Morgan fingerprint density at radius 2 is 1.81 bits per heavy atom. The van der Waals surface area contributed by atoms with Gasteiger partial charge in [-0.05, 0) is 49.2 Å². The number of piperidine rings is 1. The Kier molecular flexibility index (Phi) is 7.70. The van der Waals surface area contributed by atoms with Crippen LogP contribution in [0.3, 0.4) is 0 Å². The zero-order valence-corrected chi connectivity index (χ0v) is 18.5. The largest absolute Gasteiger partial charge is 0.457 e. The van der Waals surface area contributed by atoms with Gasteiger partial charge in [-0.25, -0.2) is 8.42 Å². The second kappa shape index (κ2) is 10.5. The number of sulfonamides is 1. The number of ketones is 1. The first-order chi connectivity index (χ1) is 15.3. The predicted molar refractivity (Wildman–Crippen MR) is 116 cm³/mol. The molecule has 0 bridgehead atoms. The number of anilines is 1. The molecule has 2 heterocycles. The Bertz CT molecular complexity index is 1060. The van der Waals surface area contributed by atoms with Gasteiger partial charge in [0.1, 0.15) is 4.90 Å². The zero-order valence-electron chi connectivity index (χ0n) is 17.7. The van der Waals surface area contributed by atoms with E-state index in [0.717, 1.165) is 0 Å². The van der Waals surface area contributed by atoms with Crippen molar-refractivity contribution in [1.29, 1.82) is 0 Å². The van der Waals surface area contributed by atoms with Crippen LogP contribution in [0.2, 0.25) is 0 Å². The van der Waals surface area contributed by atoms with Crippen molar-refractivity contribution in [2.45, 2.75) is 31.1 Å². The number of aromatic nitrogens is 1. The molecule has 2 aromatic rings. The Hall–Kier alpha value is -3.11. The van der Waals surface area contributed by atoms with Crippen LogP contribution in [0.4, 0.5) is 5.69 Å². The summed E-state index contributed by atoms with van der Waals surface area (Å²) >= 11 is 0. The molecule has 1 aliphatic heterocycles. The summed E-state index contributed by atoms with van der Waals surface area (Å²) in [5.41, 5.74) is 0.947. The second-order valence-corrected chi connectivity index (χ2v) is 9.31. The lowest BCUT2D eigenvalue weighted by Gasteiger charge is -2.29. The summed E-state index contributed by atoms with van der Waals surface area (Å²) in [4.78, 5) is 40.0. The van der Waals surface area contributed by atoms with Crippen LogP contribution < -0.4 is 5.32 Å². The van der Waals surface area contributed by atoms with E-state index in [1.807, 2.05) is 0 Å². The highest BCUT2D eigenvalue weighted by Gasteiger charge is 2.33. The van der Waals surface area contributed by atoms with Crippen molar-refractivity contribution < 1.29 is 27.5 Å². The fraction of sp³-hybridized carbons (Fsp3) is 0.364. The Morgan fingerprint density at radius 1 is 1.12 bits per heavy atom. The Morgan fingerprint density at radius 3 is 2.41 bits per heavy atom. The maximum absolute atomic E-state index is 12.6. The highest BCUT2D eigenvalue weighted by molar-refractivity contribution is 7.89. The number of pyridine rings is 1. The van der Waals surface area contributed by atoms with Gasteiger partial charge >= 0.3 is 5.97 Å². The molecule has 1 fully saturated rings. The first-order valence-electron chi connectivity index (χ1n) is 10.3. The molecule has 10 heteroatoms. The average Bonchev–Trinajstić information content (AvgIpc) is 2.83. The molecular weight excluding hydrogens is 434 g/mol. The number of ether oxygens (including phenoxy) is 1. The minimum absolute atomic E-state index is 0.118. The minimum Gasteiger partial charge on any atom is -0.457 e. The molecule has 3 rings (SSSR count).